The SMILES string of the molecule is NCCCCC(NC(=O)C(CCC(N)=O)NC(=O)C(CC(=O)O)NC(=O)C(N)CC(N)=O)C(=O)O. The molecule has 4 atom stereocenters. The van der Waals surface area contributed by atoms with Crippen LogP contribution >= 0.6 is 0 Å². The highest BCUT2D eigenvalue weighted by Crippen LogP contribution is 2.05. The number of rotatable bonds is 18. The molecule has 5 amide bonds. The van der Waals surface area contributed by atoms with E-state index >= 15 is 0 Å². The Bertz CT molecular complexity index is 806. The first kappa shape index (κ1) is 31.2. The Kier molecular flexibility index (Phi) is 14.2. The van der Waals surface area contributed by atoms with Gasteiger partial charge in [0.2, 0.25) is 29.5 Å². The van der Waals surface area contributed by atoms with Crippen molar-refractivity contribution in [3.05, 3.63) is 0 Å². The molecule has 0 bridgehead atoms. The molecule has 0 aliphatic rings. The van der Waals surface area contributed by atoms with Crippen molar-refractivity contribution >= 4 is 41.5 Å². The summed E-state index contributed by atoms with van der Waals surface area (Å²) in [5.41, 5.74) is 20.9. The number of carbonyl (C=O) groups is 7. The number of carboxylic acid groups (broad SMARTS) is 2. The monoisotopic (exact) mass is 503 g/mol. The van der Waals surface area contributed by atoms with Gasteiger partial charge in [-0.3, -0.25) is 28.8 Å². The Balaban J connectivity index is 5.56. The van der Waals surface area contributed by atoms with Gasteiger partial charge in [0, 0.05) is 6.42 Å². The zero-order valence-electron chi connectivity index (χ0n) is 19.0. The molecule has 16 heteroatoms. The second-order valence-electron chi connectivity index (χ2n) is 7.69. The van der Waals surface area contributed by atoms with Gasteiger partial charge in [-0.1, -0.05) is 0 Å². The summed E-state index contributed by atoms with van der Waals surface area (Å²) in [6.07, 6.45) is -1.25. The number of carboxylic acids is 2. The first-order chi connectivity index (χ1) is 16.3. The van der Waals surface area contributed by atoms with Gasteiger partial charge in [-0.05, 0) is 32.2 Å². The quantitative estimate of drug-likeness (QED) is 0.0804. The molecule has 0 aromatic rings. The Morgan fingerprint density at radius 3 is 1.71 bits per heavy atom. The fraction of sp³-hybridized carbons (Fsp3) is 0.632. The molecule has 0 aromatic heterocycles. The van der Waals surface area contributed by atoms with Crippen molar-refractivity contribution in [3.63, 3.8) is 0 Å². The lowest BCUT2D eigenvalue weighted by molar-refractivity contribution is -0.143. The molecule has 4 unspecified atom stereocenters. The highest BCUT2D eigenvalue weighted by Gasteiger charge is 2.31. The molecule has 0 saturated carbocycles. The molecule has 16 nitrogen and oxygen atoms in total. The highest BCUT2D eigenvalue weighted by molar-refractivity contribution is 5.96. The summed E-state index contributed by atoms with van der Waals surface area (Å²) in [6.45, 7) is 0.317. The van der Waals surface area contributed by atoms with Crippen molar-refractivity contribution in [2.45, 2.75) is 69.1 Å². The van der Waals surface area contributed by atoms with Crippen LogP contribution in [-0.4, -0.2) is 82.4 Å². The summed E-state index contributed by atoms with van der Waals surface area (Å²) in [5.74, 6) is -7.70. The zero-order chi connectivity index (χ0) is 27.1. The lowest BCUT2D eigenvalue weighted by Gasteiger charge is -2.24. The molecular weight excluding hydrogens is 470 g/mol. The van der Waals surface area contributed by atoms with Gasteiger partial charge in [-0.25, -0.2) is 4.79 Å². The summed E-state index contributed by atoms with van der Waals surface area (Å²) in [7, 11) is 0. The Morgan fingerprint density at radius 1 is 0.686 bits per heavy atom. The number of hydrogen-bond acceptors (Lipinski definition) is 9. The van der Waals surface area contributed by atoms with E-state index in [9.17, 15) is 38.7 Å². The largest absolute Gasteiger partial charge is 0.481 e. The number of nitrogens with two attached hydrogens (primary N) is 4. The van der Waals surface area contributed by atoms with Crippen LogP contribution < -0.4 is 38.9 Å². The van der Waals surface area contributed by atoms with Gasteiger partial charge < -0.3 is 49.1 Å². The van der Waals surface area contributed by atoms with Crippen LogP contribution in [0.5, 0.6) is 0 Å². The van der Waals surface area contributed by atoms with E-state index in [1.807, 2.05) is 0 Å². The maximum absolute atomic E-state index is 12.7. The molecule has 198 valence electrons. The molecule has 0 aliphatic heterocycles. The molecule has 13 N–H and O–H groups in total. The maximum Gasteiger partial charge on any atom is 0.326 e. The Labute approximate surface area is 200 Å². The summed E-state index contributed by atoms with van der Waals surface area (Å²) < 4.78 is 0. The van der Waals surface area contributed by atoms with Crippen molar-refractivity contribution in [1.82, 2.24) is 16.0 Å². The van der Waals surface area contributed by atoms with Crippen LogP contribution in [0.25, 0.3) is 0 Å². The molecule has 35 heavy (non-hydrogen) atoms. The minimum atomic E-state index is -1.72. The fourth-order valence-electron chi connectivity index (χ4n) is 2.82. The maximum atomic E-state index is 12.7. The molecule has 0 aromatic carbocycles. The highest BCUT2D eigenvalue weighted by atomic mass is 16.4. The third kappa shape index (κ3) is 13.5. The third-order valence-corrected chi connectivity index (χ3v) is 4.64. The fourth-order valence-corrected chi connectivity index (χ4v) is 2.82. The van der Waals surface area contributed by atoms with Gasteiger partial charge in [-0.15, -0.1) is 0 Å². The average molecular weight is 504 g/mol. The van der Waals surface area contributed by atoms with Crippen LogP contribution in [0.2, 0.25) is 0 Å². The number of primary amides is 2. The number of aliphatic carboxylic acids is 2. The zero-order valence-corrected chi connectivity index (χ0v) is 19.0. The number of carbonyl (C=O) groups excluding carboxylic acids is 5. The van der Waals surface area contributed by atoms with Crippen molar-refractivity contribution in [2.75, 3.05) is 6.54 Å². The van der Waals surface area contributed by atoms with Crippen LogP contribution in [-0.2, 0) is 33.6 Å². The molecule has 0 rings (SSSR count). The number of amides is 5. The second kappa shape index (κ2) is 15.9. The van der Waals surface area contributed by atoms with Crippen molar-refractivity contribution < 1.29 is 43.8 Å². The minimum absolute atomic E-state index is 0.0458. The minimum Gasteiger partial charge on any atom is -0.481 e. The predicted octanol–water partition coefficient (Wildman–Crippen LogP) is -4.40. The van der Waals surface area contributed by atoms with Gasteiger partial charge >= 0.3 is 11.9 Å². The topological polar surface area (TPSA) is 300 Å². The van der Waals surface area contributed by atoms with Crippen molar-refractivity contribution in [3.8, 4) is 0 Å². The molecule has 0 saturated heterocycles. The molecule has 0 spiro atoms. The average Bonchev–Trinajstić information content (AvgIpc) is 2.74. The van der Waals surface area contributed by atoms with E-state index in [0.29, 0.717) is 19.4 Å². The second-order valence-corrected chi connectivity index (χ2v) is 7.69. The molecule has 0 radical (unpaired) electrons. The van der Waals surface area contributed by atoms with E-state index in [1.165, 1.54) is 0 Å². The first-order valence-corrected chi connectivity index (χ1v) is 10.7. The Morgan fingerprint density at radius 2 is 1.23 bits per heavy atom. The summed E-state index contributed by atoms with van der Waals surface area (Å²) in [4.78, 5) is 82.3. The normalized spacial score (nSPS) is 14.0. The van der Waals surface area contributed by atoms with Gasteiger partial charge in [0.15, 0.2) is 0 Å². The van der Waals surface area contributed by atoms with E-state index in [4.69, 9.17) is 28.0 Å². The van der Waals surface area contributed by atoms with Crippen LogP contribution in [0.15, 0.2) is 0 Å². The van der Waals surface area contributed by atoms with Gasteiger partial charge in [0.1, 0.15) is 18.1 Å². The van der Waals surface area contributed by atoms with Crippen molar-refractivity contribution in [2.24, 2.45) is 22.9 Å². The number of nitrogens with one attached hydrogen (secondary N) is 3. The summed E-state index contributed by atoms with van der Waals surface area (Å²) in [6, 6.07) is -5.99. The molecule has 0 heterocycles. The van der Waals surface area contributed by atoms with E-state index < -0.39 is 78.5 Å². The van der Waals surface area contributed by atoms with E-state index in [1.54, 1.807) is 0 Å². The van der Waals surface area contributed by atoms with Crippen LogP contribution in [0.1, 0.15) is 44.9 Å². The van der Waals surface area contributed by atoms with Crippen LogP contribution in [0.4, 0.5) is 0 Å². The van der Waals surface area contributed by atoms with Crippen molar-refractivity contribution in [1.29, 1.82) is 0 Å². The lowest BCUT2D eigenvalue weighted by atomic mass is 10.1. The molecule has 0 aliphatic carbocycles. The van der Waals surface area contributed by atoms with E-state index in [-0.39, 0.29) is 19.3 Å². The molecule has 0 fully saturated rings. The van der Waals surface area contributed by atoms with Gasteiger partial charge in [-0.2, -0.15) is 0 Å². The van der Waals surface area contributed by atoms with E-state index in [0.717, 1.165) is 0 Å². The summed E-state index contributed by atoms with van der Waals surface area (Å²) in [5, 5.41) is 24.9. The summed E-state index contributed by atoms with van der Waals surface area (Å²) >= 11 is 0. The molecular formula is C19H33N7O9. The van der Waals surface area contributed by atoms with Gasteiger partial charge in [0.05, 0.1) is 18.9 Å². The van der Waals surface area contributed by atoms with Gasteiger partial charge in [0.25, 0.3) is 0 Å². The lowest BCUT2D eigenvalue weighted by Crippen LogP contribution is -2.57. The number of hydrogen-bond donors (Lipinski definition) is 9. The predicted molar refractivity (Wildman–Crippen MR) is 119 cm³/mol. The van der Waals surface area contributed by atoms with Crippen LogP contribution in [0.3, 0.4) is 0 Å². The van der Waals surface area contributed by atoms with E-state index in [2.05, 4.69) is 16.0 Å². The Hall–Kier alpha value is -3.79. The number of unbranched alkanes of at least 4 members (excludes halogenated alkanes) is 1. The smallest absolute Gasteiger partial charge is 0.326 e. The first-order valence-electron chi connectivity index (χ1n) is 10.7. The van der Waals surface area contributed by atoms with Crippen LogP contribution in [0, 0.1) is 0 Å². The standard InChI is InChI=1S/C19H33N7O9/c20-6-2-1-3-11(19(34)35)25-17(32)10(4-5-13(22)27)24-18(33)12(8-15(29)30)26-16(31)9(21)7-14(23)28/h9-12H,1-8,20-21H2,(H2,22,27)(H2,23,28)(H,24,33)(H,25,32)(H,26,31)(H,29,30)(H,34,35). The third-order valence-electron chi connectivity index (χ3n) is 4.64.